The Hall–Kier alpha value is -1.29. The maximum Gasteiger partial charge on any atom is 0.240 e. The van der Waals surface area contributed by atoms with E-state index in [0.29, 0.717) is 27.8 Å². The van der Waals surface area contributed by atoms with E-state index in [1.807, 2.05) is 0 Å². The van der Waals surface area contributed by atoms with Gasteiger partial charge in [-0.1, -0.05) is 21.1 Å². The number of nitrogens with one attached hydrogen (secondary N) is 1. The van der Waals surface area contributed by atoms with Crippen LogP contribution in [0.15, 0.2) is 32.4 Å². The van der Waals surface area contributed by atoms with Crippen molar-refractivity contribution in [2.45, 2.75) is 24.8 Å². The van der Waals surface area contributed by atoms with Crippen LogP contribution in [0.1, 0.15) is 17.0 Å². The molecule has 21 heavy (non-hydrogen) atoms. The fourth-order valence-corrected chi connectivity index (χ4v) is 3.74. The molecule has 0 saturated heterocycles. The van der Waals surface area contributed by atoms with Gasteiger partial charge in [-0.25, -0.2) is 13.1 Å². The van der Waals surface area contributed by atoms with Gasteiger partial charge in [-0.15, -0.1) is 0 Å². The van der Waals surface area contributed by atoms with Gasteiger partial charge in [0.1, 0.15) is 0 Å². The lowest BCUT2D eigenvalue weighted by atomic mass is 10.2. The third-order valence-corrected chi connectivity index (χ3v) is 5.29. The van der Waals surface area contributed by atoms with E-state index in [9.17, 15) is 13.5 Å². The number of hydrogen-bond acceptors (Lipinski definition) is 6. The van der Waals surface area contributed by atoms with Gasteiger partial charge in [0, 0.05) is 17.4 Å². The van der Waals surface area contributed by atoms with Crippen LogP contribution >= 0.6 is 15.9 Å². The van der Waals surface area contributed by atoms with Crippen LogP contribution < -0.4 is 4.72 Å². The second-order valence-corrected chi connectivity index (χ2v) is 6.94. The molecule has 0 amide bonds. The first-order valence-electron chi connectivity index (χ1n) is 6.09. The lowest BCUT2D eigenvalue weighted by Crippen LogP contribution is -2.27. The van der Waals surface area contributed by atoms with E-state index < -0.39 is 10.0 Å². The Kier molecular flexibility index (Phi) is 5.09. The first-order valence-corrected chi connectivity index (χ1v) is 8.36. The molecule has 0 aliphatic carbocycles. The van der Waals surface area contributed by atoms with E-state index in [1.165, 1.54) is 12.5 Å². The Labute approximate surface area is 130 Å². The molecule has 2 rings (SSSR count). The van der Waals surface area contributed by atoms with Crippen LogP contribution in [0.5, 0.6) is 0 Å². The average Bonchev–Trinajstić information content (AvgIpc) is 2.94. The van der Waals surface area contributed by atoms with Crippen LogP contribution in [0.4, 0.5) is 0 Å². The van der Waals surface area contributed by atoms with Crippen molar-refractivity contribution in [1.82, 2.24) is 14.9 Å². The van der Waals surface area contributed by atoms with Crippen LogP contribution in [-0.2, 0) is 23.1 Å². The maximum atomic E-state index is 12.3. The topological polar surface area (TPSA) is 105 Å². The van der Waals surface area contributed by atoms with Crippen LogP contribution in [0, 0.1) is 6.92 Å². The van der Waals surface area contributed by atoms with Crippen LogP contribution in [0.3, 0.4) is 0 Å². The zero-order chi connectivity index (χ0) is 15.5. The second kappa shape index (κ2) is 6.65. The second-order valence-electron chi connectivity index (χ2n) is 4.35. The Morgan fingerprint density at radius 1 is 1.43 bits per heavy atom. The zero-order valence-corrected chi connectivity index (χ0v) is 13.6. The fraction of sp³-hybridized carbons (Fsp3) is 0.333. The number of aliphatic hydroxyl groups is 1. The minimum Gasteiger partial charge on any atom is -0.392 e. The summed E-state index contributed by atoms with van der Waals surface area (Å²) < 4.78 is 32.3. The summed E-state index contributed by atoms with van der Waals surface area (Å²) in [5.41, 5.74) is 1.10. The summed E-state index contributed by atoms with van der Waals surface area (Å²) in [5, 5.41) is 12.8. The summed E-state index contributed by atoms with van der Waals surface area (Å²) in [6, 6.07) is 3.14. The summed E-state index contributed by atoms with van der Waals surface area (Å²) in [7, 11) is -3.68. The van der Waals surface area contributed by atoms with Crippen molar-refractivity contribution in [3.05, 3.63) is 40.0 Å². The molecule has 2 aromatic rings. The third-order valence-electron chi connectivity index (χ3n) is 2.88. The van der Waals surface area contributed by atoms with E-state index >= 15 is 0 Å². The quantitative estimate of drug-likeness (QED) is 0.784. The van der Waals surface area contributed by atoms with E-state index in [2.05, 4.69) is 35.3 Å². The normalized spacial score (nSPS) is 11.8. The third kappa shape index (κ3) is 3.88. The summed E-state index contributed by atoms with van der Waals surface area (Å²) >= 11 is 3.29. The lowest BCUT2D eigenvalue weighted by molar-refractivity contribution is 0.281. The molecule has 0 unspecified atom stereocenters. The van der Waals surface area contributed by atoms with Gasteiger partial charge in [-0.05, 0) is 30.2 Å². The highest BCUT2D eigenvalue weighted by Gasteiger charge is 2.19. The number of aliphatic hydroxyl groups excluding tert-OH is 1. The molecule has 0 atom stereocenters. The molecule has 0 aliphatic heterocycles. The van der Waals surface area contributed by atoms with Gasteiger partial charge in [0.2, 0.25) is 16.4 Å². The lowest BCUT2D eigenvalue weighted by Gasteiger charge is -2.11. The van der Waals surface area contributed by atoms with Gasteiger partial charge in [-0.3, -0.25) is 0 Å². The molecule has 2 N–H and O–H groups in total. The minimum atomic E-state index is -3.68. The summed E-state index contributed by atoms with van der Waals surface area (Å²) in [6.45, 7) is 1.62. The number of halogens is 1. The Balaban J connectivity index is 2.17. The van der Waals surface area contributed by atoms with Crippen LogP contribution in [0.2, 0.25) is 0 Å². The van der Waals surface area contributed by atoms with Crippen molar-refractivity contribution < 1.29 is 18.0 Å². The van der Waals surface area contributed by atoms with Crippen molar-refractivity contribution in [2.75, 3.05) is 6.54 Å². The first kappa shape index (κ1) is 16.1. The molecule has 1 aromatic heterocycles. The van der Waals surface area contributed by atoms with Crippen LogP contribution in [0.25, 0.3) is 0 Å². The molecule has 0 radical (unpaired) electrons. The Bertz CT molecular complexity index is 716. The fourth-order valence-electron chi connectivity index (χ4n) is 1.75. The molecule has 7 nitrogen and oxygen atoms in total. The summed E-state index contributed by atoms with van der Waals surface area (Å²) in [6.07, 6.45) is 1.52. The van der Waals surface area contributed by atoms with E-state index in [1.54, 1.807) is 13.0 Å². The van der Waals surface area contributed by atoms with Gasteiger partial charge < -0.3 is 9.63 Å². The van der Waals surface area contributed by atoms with Crippen molar-refractivity contribution in [2.24, 2.45) is 0 Å². The number of benzene rings is 1. The molecular formula is C12H14BrN3O4S. The standard InChI is InChI=1S/C12H14BrN3O4S/c1-8-10(13)4-9(6-17)5-11(8)21(18,19)15-3-2-12-14-7-20-16-12/h4-5,7,15,17H,2-3,6H2,1H3. The highest BCUT2D eigenvalue weighted by atomic mass is 79.9. The highest BCUT2D eigenvalue weighted by Crippen LogP contribution is 2.25. The smallest absolute Gasteiger partial charge is 0.240 e. The monoisotopic (exact) mass is 375 g/mol. The summed E-state index contributed by atoms with van der Waals surface area (Å²) in [4.78, 5) is 3.95. The molecular weight excluding hydrogens is 362 g/mol. The van der Waals surface area contributed by atoms with E-state index in [0.717, 1.165) is 0 Å². The molecule has 0 aliphatic rings. The van der Waals surface area contributed by atoms with E-state index in [4.69, 9.17) is 0 Å². The van der Waals surface area contributed by atoms with Gasteiger partial charge in [0.25, 0.3) is 0 Å². The molecule has 0 bridgehead atoms. The maximum absolute atomic E-state index is 12.3. The van der Waals surface area contributed by atoms with Gasteiger partial charge >= 0.3 is 0 Å². The SMILES string of the molecule is Cc1c(Br)cc(CO)cc1S(=O)(=O)NCCc1ncon1. The predicted octanol–water partition coefficient (Wildman–Crippen LogP) is 1.15. The van der Waals surface area contributed by atoms with Gasteiger partial charge in [-0.2, -0.15) is 4.98 Å². The number of sulfonamides is 1. The molecule has 9 heteroatoms. The largest absolute Gasteiger partial charge is 0.392 e. The first-order chi connectivity index (χ1) is 9.94. The molecule has 0 spiro atoms. The Morgan fingerprint density at radius 2 is 2.19 bits per heavy atom. The zero-order valence-electron chi connectivity index (χ0n) is 11.2. The Morgan fingerprint density at radius 3 is 2.81 bits per heavy atom. The molecule has 1 aromatic carbocycles. The molecule has 0 fully saturated rings. The highest BCUT2D eigenvalue weighted by molar-refractivity contribution is 9.10. The van der Waals surface area contributed by atoms with Gasteiger partial charge in [0.15, 0.2) is 5.82 Å². The predicted molar refractivity (Wildman–Crippen MR) is 78.0 cm³/mol. The number of aromatic nitrogens is 2. The van der Waals surface area contributed by atoms with Crippen molar-refractivity contribution in [3.63, 3.8) is 0 Å². The van der Waals surface area contributed by atoms with Crippen LogP contribution in [-0.4, -0.2) is 30.2 Å². The summed E-state index contributed by atoms with van der Waals surface area (Å²) in [5.74, 6) is 0.430. The molecule has 114 valence electrons. The van der Waals surface area contributed by atoms with Crippen molar-refractivity contribution in [1.29, 1.82) is 0 Å². The average molecular weight is 376 g/mol. The van der Waals surface area contributed by atoms with E-state index in [-0.39, 0.29) is 18.0 Å². The molecule has 0 saturated carbocycles. The molecule has 1 heterocycles. The van der Waals surface area contributed by atoms with Crippen molar-refractivity contribution >= 4 is 26.0 Å². The van der Waals surface area contributed by atoms with Crippen molar-refractivity contribution in [3.8, 4) is 0 Å². The number of rotatable bonds is 6. The minimum absolute atomic E-state index is 0.133. The van der Waals surface area contributed by atoms with Gasteiger partial charge in [0.05, 0.1) is 11.5 Å². The number of nitrogens with zero attached hydrogens (tertiary/aromatic N) is 2. The number of hydrogen-bond donors (Lipinski definition) is 2.